The van der Waals surface area contributed by atoms with Gasteiger partial charge in [-0.3, -0.25) is 9.59 Å². The summed E-state index contributed by atoms with van der Waals surface area (Å²) in [5, 5.41) is 2.84. The molecule has 0 bridgehead atoms. The van der Waals surface area contributed by atoms with Crippen molar-refractivity contribution >= 4 is 17.5 Å². The quantitative estimate of drug-likeness (QED) is 0.563. The highest BCUT2D eigenvalue weighted by Crippen LogP contribution is 2.21. The molecule has 2 amide bonds. The minimum absolute atomic E-state index is 0.00452. The minimum atomic E-state index is -0.517. The topological polar surface area (TPSA) is 94.3 Å². The van der Waals surface area contributed by atoms with E-state index in [4.69, 9.17) is 10.5 Å². The molecule has 0 fully saturated rings. The Morgan fingerprint density at radius 2 is 1.85 bits per heavy atom. The smallest absolute Gasteiger partial charge is 0.248 e. The summed E-state index contributed by atoms with van der Waals surface area (Å²) in [4.78, 5) is 27.3. The molecule has 0 saturated heterocycles. The first-order chi connectivity index (χ1) is 13.1. The molecule has 0 unspecified atom stereocenters. The Morgan fingerprint density at radius 1 is 1.07 bits per heavy atom. The second-order valence-electron chi connectivity index (χ2n) is 6.45. The summed E-state index contributed by atoms with van der Waals surface area (Å²) in [7, 11) is 0. The zero-order valence-electron chi connectivity index (χ0n) is 15.7. The third-order valence-electron chi connectivity index (χ3n) is 4.12. The van der Waals surface area contributed by atoms with Crippen LogP contribution in [0.25, 0.3) is 0 Å². The van der Waals surface area contributed by atoms with Crippen LogP contribution in [0.2, 0.25) is 0 Å². The lowest BCUT2D eigenvalue weighted by molar-refractivity contribution is -0.116. The molecule has 2 aromatic rings. The normalized spacial score (nSPS) is 10.4. The second-order valence-corrected chi connectivity index (χ2v) is 6.45. The summed E-state index contributed by atoms with van der Waals surface area (Å²) in [6, 6.07) is 9.97. The number of amides is 2. The highest BCUT2D eigenvalue weighted by atomic mass is 16.5. The van der Waals surface area contributed by atoms with Gasteiger partial charge >= 0.3 is 0 Å². The van der Waals surface area contributed by atoms with Gasteiger partial charge in [-0.05, 0) is 30.7 Å². The number of nitrogens with one attached hydrogen (secondary N) is 1. The van der Waals surface area contributed by atoms with Crippen molar-refractivity contribution in [2.75, 3.05) is 5.32 Å². The van der Waals surface area contributed by atoms with E-state index in [-0.39, 0.29) is 5.91 Å². The van der Waals surface area contributed by atoms with Crippen LogP contribution in [-0.4, -0.2) is 16.8 Å². The molecule has 0 aliphatic rings. The van der Waals surface area contributed by atoms with Crippen molar-refractivity contribution in [3.63, 3.8) is 0 Å². The number of pyridine rings is 1. The van der Waals surface area contributed by atoms with Crippen molar-refractivity contribution in [1.29, 1.82) is 0 Å². The minimum Gasteiger partial charge on any atom is -0.439 e. The van der Waals surface area contributed by atoms with Crippen LogP contribution in [0.5, 0.6) is 11.6 Å². The van der Waals surface area contributed by atoms with E-state index < -0.39 is 5.91 Å². The van der Waals surface area contributed by atoms with Crippen molar-refractivity contribution in [1.82, 2.24) is 4.98 Å². The van der Waals surface area contributed by atoms with Gasteiger partial charge in [0.15, 0.2) is 0 Å². The van der Waals surface area contributed by atoms with E-state index in [1.165, 1.54) is 25.7 Å². The summed E-state index contributed by atoms with van der Waals surface area (Å²) >= 11 is 0. The Kier molecular flexibility index (Phi) is 8.29. The Bertz CT molecular complexity index is 745. The van der Waals surface area contributed by atoms with Gasteiger partial charge in [0.25, 0.3) is 0 Å². The van der Waals surface area contributed by atoms with E-state index in [2.05, 4.69) is 17.2 Å². The van der Waals surface area contributed by atoms with Crippen LogP contribution < -0.4 is 15.8 Å². The van der Waals surface area contributed by atoms with Crippen molar-refractivity contribution in [2.45, 2.75) is 51.9 Å². The number of carbonyl (C=O) groups is 2. The first-order valence-corrected chi connectivity index (χ1v) is 9.42. The highest BCUT2D eigenvalue weighted by Gasteiger charge is 2.06. The molecular weight excluding hydrogens is 342 g/mol. The number of rotatable bonds is 11. The molecule has 2 rings (SSSR count). The van der Waals surface area contributed by atoms with E-state index in [0.717, 1.165) is 12.8 Å². The third-order valence-corrected chi connectivity index (χ3v) is 4.12. The number of primary amides is 1. The van der Waals surface area contributed by atoms with Gasteiger partial charge in [0.1, 0.15) is 5.75 Å². The fraction of sp³-hybridized carbons (Fsp3) is 0.381. The summed E-state index contributed by atoms with van der Waals surface area (Å²) < 4.78 is 5.61. The average molecular weight is 369 g/mol. The van der Waals surface area contributed by atoms with Crippen molar-refractivity contribution in [3.8, 4) is 11.6 Å². The molecule has 0 aliphatic heterocycles. The molecule has 0 saturated carbocycles. The summed E-state index contributed by atoms with van der Waals surface area (Å²) in [5.41, 5.74) is 6.25. The van der Waals surface area contributed by atoms with Gasteiger partial charge in [-0.2, -0.15) is 0 Å². The Hall–Kier alpha value is -2.89. The van der Waals surface area contributed by atoms with Crippen LogP contribution in [0.3, 0.4) is 0 Å². The molecule has 6 nitrogen and oxygen atoms in total. The summed E-state index contributed by atoms with van der Waals surface area (Å²) in [6.07, 6.45) is 8.97. The van der Waals surface area contributed by atoms with Crippen LogP contribution in [0.1, 0.15) is 62.2 Å². The molecule has 1 aromatic carbocycles. The maximum absolute atomic E-state index is 12.0. The molecule has 144 valence electrons. The van der Waals surface area contributed by atoms with Gasteiger partial charge in [-0.15, -0.1) is 0 Å². The molecule has 27 heavy (non-hydrogen) atoms. The van der Waals surface area contributed by atoms with Crippen LogP contribution in [-0.2, 0) is 4.79 Å². The molecule has 0 aliphatic carbocycles. The fourth-order valence-electron chi connectivity index (χ4n) is 2.64. The third kappa shape index (κ3) is 7.48. The molecular formula is C21H27N3O3. The SMILES string of the molecule is CCCCCCCCC(=O)Nc1ccc(Oc2cccc(C(N)=O)c2)nc1. The number of nitrogens with two attached hydrogens (primary N) is 1. The van der Waals surface area contributed by atoms with E-state index in [9.17, 15) is 9.59 Å². The van der Waals surface area contributed by atoms with Crippen LogP contribution >= 0.6 is 0 Å². The van der Waals surface area contributed by atoms with Gasteiger partial charge in [0.2, 0.25) is 17.7 Å². The number of anilines is 1. The van der Waals surface area contributed by atoms with Gasteiger partial charge < -0.3 is 15.8 Å². The number of unbranched alkanes of at least 4 members (excludes halogenated alkanes) is 5. The molecule has 3 N–H and O–H groups in total. The monoisotopic (exact) mass is 369 g/mol. The predicted octanol–water partition coefficient (Wildman–Crippen LogP) is 4.66. The number of hydrogen-bond acceptors (Lipinski definition) is 4. The number of ether oxygens (including phenoxy) is 1. The maximum Gasteiger partial charge on any atom is 0.248 e. The maximum atomic E-state index is 12.0. The van der Waals surface area contributed by atoms with Crippen molar-refractivity contribution in [2.24, 2.45) is 5.73 Å². The second kappa shape index (κ2) is 11.0. The zero-order valence-corrected chi connectivity index (χ0v) is 15.7. The summed E-state index contributed by atoms with van der Waals surface area (Å²) in [6.45, 7) is 2.19. The van der Waals surface area contributed by atoms with E-state index in [1.54, 1.807) is 42.6 Å². The van der Waals surface area contributed by atoms with Gasteiger partial charge in [-0.1, -0.05) is 45.1 Å². The lowest BCUT2D eigenvalue weighted by Crippen LogP contribution is -2.11. The lowest BCUT2D eigenvalue weighted by Gasteiger charge is -2.08. The zero-order chi connectivity index (χ0) is 19.5. The molecule has 1 aromatic heterocycles. The van der Waals surface area contributed by atoms with Crippen LogP contribution in [0, 0.1) is 0 Å². The standard InChI is InChI=1S/C21H27N3O3/c1-2-3-4-5-6-7-11-19(25)24-17-12-13-20(23-15-17)27-18-10-8-9-16(14-18)21(22)26/h8-10,12-15H,2-7,11H2,1H3,(H2,22,26)(H,24,25). The van der Waals surface area contributed by atoms with Crippen LogP contribution in [0.15, 0.2) is 42.6 Å². The number of carbonyl (C=O) groups excluding carboxylic acids is 2. The largest absolute Gasteiger partial charge is 0.439 e. The van der Waals surface area contributed by atoms with Crippen LogP contribution in [0.4, 0.5) is 5.69 Å². The number of nitrogens with zero attached hydrogens (tertiary/aromatic N) is 1. The highest BCUT2D eigenvalue weighted by molar-refractivity contribution is 5.93. The Balaban J connectivity index is 1.78. The molecule has 0 spiro atoms. The number of benzene rings is 1. The van der Waals surface area contributed by atoms with Gasteiger partial charge in [-0.25, -0.2) is 4.98 Å². The first-order valence-electron chi connectivity index (χ1n) is 9.42. The lowest BCUT2D eigenvalue weighted by atomic mass is 10.1. The molecule has 1 heterocycles. The average Bonchev–Trinajstić information content (AvgIpc) is 2.66. The first kappa shape index (κ1) is 20.4. The Morgan fingerprint density at radius 3 is 2.56 bits per heavy atom. The van der Waals surface area contributed by atoms with Gasteiger partial charge in [0.05, 0.1) is 11.9 Å². The van der Waals surface area contributed by atoms with Crippen molar-refractivity contribution in [3.05, 3.63) is 48.2 Å². The number of hydrogen-bond donors (Lipinski definition) is 2. The molecule has 0 radical (unpaired) electrons. The number of aromatic nitrogens is 1. The van der Waals surface area contributed by atoms with E-state index in [0.29, 0.717) is 29.3 Å². The van der Waals surface area contributed by atoms with E-state index >= 15 is 0 Å². The Labute approximate surface area is 160 Å². The predicted molar refractivity (Wildman–Crippen MR) is 106 cm³/mol. The fourth-order valence-corrected chi connectivity index (χ4v) is 2.64. The van der Waals surface area contributed by atoms with E-state index in [1.807, 2.05) is 0 Å². The molecule has 6 heteroatoms. The van der Waals surface area contributed by atoms with Gasteiger partial charge in [0, 0.05) is 18.1 Å². The van der Waals surface area contributed by atoms with Crippen molar-refractivity contribution < 1.29 is 14.3 Å². The summed E-state index contributed by atoms with van der Waals surface area (Å²) in [5.74, 6) is 0.316. The molecule has 0 atom stereocenters.